The van der Waals surface area contributed by atoms with Gasteiger partial charge in [0.15, 0.2) is 0 Å². The maximum absolute atomic E-state index is 11.6. The van der Waals surface area contributed by atoms with Gasteiger partial charge in [-0.2, -0.15) is 0 Å². The number of hydrogen-bond donors (Lipinski definition) is 1. The highest BCUT2D eigenvalue weighted by molar-refractivity contribution is 5.91. The molecule has 0 saturated heterocycles. The smallest absolute Gasteiger partial charge is 0.335 e. The van der Waals surface area contributed by atoms with Gasteiger partial charge in [0.25, 0.3) is 0 Å². The maximum Gasteiger partial charge on any atom is 0.335 e. The summed E-state index contributed by atoms with van der Waals surface area (Å²) in [6.45, 7) is 1.79. The summed E-state index contributed by atoms with van der Waals surface area (Å²) in [5.41, 5.74) is 3.73. The molecule has 2 aromatic carbocycles. The molecule has 0 fully saturated rings. The van der Waals surface area contributed by atoms with Crippen LogP contribution in [0.1, 0.15) is 32.7 Å². The van der Waals surface area contributed by atoms with Gasteiger partial charge in [-0.1, -0.05) is 36.4 Å². The number of esters is 1. The number of aryl methyl sites for hydroxylation is 1. The highest BCUT2D eigenvalue weighted by atomic mass is 16.5. The number of carboxylic acids is 1. The third kappa shape index (κ3) is 3.57. The number of carboxylic acid groups (broad SMARTS) is 1. The fourth-order valence-corrected chi connectivity index (χ4v) is 3.09. The molecule has 0 spiro atoms. The van der Waals surface area contributed by atoms with Crippen LogP contribution in [-0.4, -0.2) is 29.1 Å². The van der Waals surface area contributed by atoms with Crippen LogP contribution in [0.5, 0.6) is 0 Å². The molecule has 5 heteroatoms. The molecule has 132 valence electrons. The first-order valence-electron chi connectivity index (χ1n) is 8.24. The molecular formula is C21H19NO4. The first-order valence-corrected chi connectivity index (χ1v) is 8.24. The molecule has 0 amide bonds. The summed E-state index contributed by atoms with van der Waals surface area (Å²) < 4.78 is 4.76. The zero-order valence-electron chi connectivity index (χ0n) is 14.7. The number of hydrogen-bond acceptors (Lipinski definition) is 4. The molecule has 0 bridgehead atoms. The van der Waals surface area contributed by atoms with Gasteiger partial charge in [0.1, 0.15) is 0 Å². The summed E-state index contributed by atoms with van der Waals surface area (Å²) in [6, 6.07) is 13.1. The summed E-state index contributed by atoms with van der Waals surface area (Å²) in [4.78, 5) is 27.3. The minimum absolute atomic E-state index is 0.177. The number of pyridine rings is 1. The highest BCUT2D eigenvalue weighted by Crippen LogP contribution is 2.24. The van der Waals surface area contributed by atoms with E-state index in [0.29, 0.717) is 12.0 Å². The molecule has 0 unspecified atom stereocenters. The van der Waals surface area contributed by atoms with E-state index in [-0.39, 0.29) is 12.4 Å². The number of fused-ring (bicyclic) bond motifs is 1. The molecule has 0 saturated carbocycles. The van der Waals surface area contributed by atoms with Crippen LogP contribution >= 0.6 is 0 Å². The second kappa shape index (κ2) is 7.35. The van der Waals surface area contributed by atoms with Gasteiger partial charge >= 0.3 is 11.9 Å². The predicted molar refractivity (Wildman–Crippen MR) is 98.4 cm³/mol. The van der Waals surface area contributed by atoms with Crippen molar-refractivity contribution in [3.05, 3.63) is 76.6 Å². The van der Waals surface area contributed by atoms with E-state index in [1.807, 2.05) is 36.4 Å². The third-order valence-corrected chi connectivity index (χ3v) is 4.42. The van der Waals surface area contributed by atoms with Crippen molar-refractivity contribution in [2.45, 2.75) is 19.8 Å². The van der Waals surface area contributed by atoms with Crippen molar-refractivity contribution < 1.29 is 19.4 Å². The molecule has 1 aromatic heterocycles. The van der Waals surface area contributed by atoms with E-state index in [9.17, 15) is 9.59 Å². The predicted octanol–water partition coefficient (Wildman–Crippen LogP) is 3.55. The van der Waals surface area contributed by atoms with Crippen molar-refractivity contribution in [1.82, 2.24) is 4.98 Å². The maximum atomic E-state index is 11.6. The summed E-state index contributed by atoms with van der Waals surface area (Å²) in [6.07, 6.45) is 2.48. The summed E-state index contributed by atoms with van der Waals surface area (Å²) >= 11 is 0. The molecule has 0 atom stereocenters. The summed E-state index contributed by atoms with van der Waals surface area (Å²) in [5.74, 6) is -1.23. The van der Waals surface area contributed by atoms with Crippen LogP contribution < -0.4 is 0 Å². The SMILES string of the molecule is COC(=O)Cc1cnc(Cc2ccc(C(=O)O)c(C)c2)c2ccccc12. The average molecular weight is 349 g/mol. The molecule has 5 nitrogen and oxygen atoms in total. The summed E-state index contributed by atoms with van der Waals surface area (Å²) in [5, 5.41) is 11.1. The molecular weight excluding hydrogens is 330 g/mol. The largest absolute Gasteiger partial charge is 0.478 e. The number of nitrogens with zero attached hydrogens (tertiary/aromatic N) is 1. The van der Waals surface area contributed by atoms with Crippen molar-refractivity contribution in [2.75, 3.05) is 7.11 Å². The van der Waals surface area contributed by atoms with Crippen molar-refractivity contribution >= 4 is 22.7 Å². The molecule has 0 aliphatic carbocycles. The van der Waals surface area contributed by atoms with Crippen LogP contribution in [0.25, 0.3) is 10.8 Å². The number of aromatic carboxylic acids is 1. The van der Waals surface area contributed by atoms with Crippen LogP contribution in [0, 0.1) is 6.92 Å². The summed E-state index contributed by atoms with van der Waals surface area (Å²) in [7, 11) is 1.37. The lowest BCUT2D eigenvalue weighted by molar-refractivity contribution is -0.139. The quantitative estimate of drug-likeness (QED) is 0.713. The molecule has 3 rings (SSSR count). The number of ether oxygens (including phenoxy) is 1. The van der Waals surface area contributed by atoms with Gasteiger partial charge in [-0.25, -0.2) is 4.79 Å². The minimum atomic E-state index is -0.926. The van der Waals surface area contributed by atoms with E-state index < -0.39 is 5.97 Å². The number of methoxy groups -OCH3 is 1. The van der Waals surface area contributed by atoms with Gasteiger partial charge in [-0.15, -0.1) is 0 Å². The van der Waals surface area contributed by atoms with Crippen LogP contribution in [0.3, 0.4) is 0 Å². The van der Waals surface area contributed by atoms with Crippen molar-refractivity contribution in [3.8, 4) is 0 Å². The molecule has 3 aromatic rings. The Morgan fingerprint density at radius 2 is 1.85 bits per heavy atom. The van der Waals surface area contributed by atoms with E-state index in [1.54, 1.807) is 19.2 Å². The van der Waals surface area contributed by atoms with Gasteiger partial charge in [0, 0.05) is 18.0 Å². The second-order valence-electron chi connectivity index (χ2n) is 6.16. The Morgan fingerprint density at radius 3 is 2.50 bits per heavy atom. The van der Waals surface area contributed by atoms with Gasteiger partial charge in [0.05, 0.1) is 24.8 Å². The van der Waals surface area contributed by atoms with E-state index in [1.165, 1.54) is 7.11 Å². The van der Waals surface area contributed by atoms with Crippen LogP contribution in [0.4, 0.5) is 0 Å². The van der Waals surface area contributed by atoms with E-state index in [4.69, 9.17) is 9.84 Å². The van der Waals surface area contributed by atoms with E-state index in [0.717, 1.165) is 33.2 Å². The standard InChI is InChI=1S/C21H19NO4/c1-13-9-14(7-8-16(13)21(24)25)10-19-18-6-4-3-5-17(18)15(12-22-19)11-20(23)26-2/h3-9,12H,10-11H2,1-2H3,(H,24,25). The lowest BCUT2D eigenvalue weighted by atomic mass is 9.97. The average Bonchev–Trinajstić information content (AvgIpc) is 2.63. The first kappa shape index (κ1) is 17.6. The van der Waals surface area contributed by atoms with Gasteiger partial charge in [0.2, 0.25) is 0 Å². The zero-order chi connectivity index (χ0) is 18.7. The second-order valence-corrected chi connectivity index (χ2v) is 6.16. The van der Waals surface area contributed by atoms with Crippen molar-refractivity contribution in [1.29, 1.82) is 0 Å². The van der Waals surface area contributed by atoms with Gasteiger partial charge < -0.3 is 9.84 Å². The highest BCUT2D eigenvalue weighted by Gasteiger charge is 2.12. The third-order valence-electron chi connectivity index (χ3n) is 4.42. The van der Waals surface area contributed by atoms with E-state index in [2.05, 4.69) is 4.98 Å². The Bertz CT molecular complexity index is 994. The van der Waals surface area contributed by atoms with Crippen molar-refractivity contribution in [2.24, 2.45) is 0 Å². The number of benzene rings is 2. The number of aromatic nitrogens is 1. The number of rotatable bonds is 5. The minimum Gasteiger partial charge on any atom is -0.478 e. The lowest BCUT2D eigenvalue weighted by Crippen LogP contribution is -2.06. The Morgan fingerprint density at radius 1 is 1.12 bits per heavy atom. The Labute approximate surface area is 151 Å². The topological polar surface area (TPSA) is 76.5 Å². The first-order chi connectivity index (χ1) is 12.5. The lowest BCUT2D eigenvalue weighted by Gasteiger charge is -2.11. The fourth-order valence-electron chi connectivity index (χ4n) is 3.09. The van der Waals surface area contributed by atoms with E-state index >= 15 is 0 Å². The molecule has 0 aliphatic heterocycles. The normalized spacial score (nSPS) is 10.7. The van der Waals surface area contributed by atoms with Gasteiger partial charge in [-0.05, 0) is 35.1 Å². The van der Waals surface area contributed by atoms with Crippen molar-refractivity contribution in [3.63, 3.8) is 0 Å². The number of carbonyl (C=O) groups is 2. The Hall–Kier alpha value is -3.21. The van der Waals surface area contributed by atoms with Crippen LogP contribution in [0.2, 0.25) is 0 Å². The fraction of sp³-hybridized carbons (Fsp3) is 0.190. The van der Waals surface area contributed by atoms with Gasteiger partial charge in [-0.3, -0.25) is 9.78 Å². The monoisotopic (exact) mass is 349 g/mol. The molecule has 1 N–H and O–H groups in total. The van der Waals surface area contributed by atoms with Crippen LogP contribution in [-0.2, 0) is 22.4 Å². The zero-order valence-corrected chi connectivity index (χ0v) is 14.7. The number of carbonyl (C=O) groups excluding carboxylic acids is 1. The molecule has 26 heavy (non-hydrogen) atoms. The Balaban J connectivity index is 1.99. The molecule has 0 radical (unpaired) electrons. The molecule has 1 heterocycles. The molecule has 0 aliphatic rings. The Kier molecular flexibility index (Phi) is 4.98. The van der Waals surface area contributed by atoms with Crippen LogP contribution in [0.15, 0.2) is 48.7 Å².